The summed E-state index contributed by atoms with van der Waals surface area (Å²) in [4.78, 5) is 29.1. The first kappa shape index (κ1) is 37.1. The number of halogens is 3. The van der Waals surface area contributed by atoms with Crippen molar-refractivity contribution >= 4 is 62.3 Å². The highest BCUT2D eigenvalue weighted by atomic mass is 35.5. The van der Waals surface area contributed by atoms with E-state index in [1.54, 1.807) is 25.1 Å². The predicted molar refractivity (Wildman–Crippen MR) is 181 cm³/mol. The summed E-state index contributed by atoms with van der Waals surface area (Å²) < 4.78 is 45.8. The standard InChI is InChI=1S/C32H38Cl3N3O7S/c1-7-20(3)36-32(40)26(8-2)37(18-21-9-12-24(34)25(35)15-21)31(39)19-38(27-16-22(33)10-13-28(27)43-4)46(41,42)23-11-14-29(44-5)30(17-23)45-6/h9-17,20,26H,7-8,18-19H2,1-6H3,(H,36,40)/t20-,26+/m1/s1. The van der Waals surface area contributed by atoms with Crippen molar-refractivity contribution in [1.29, 1.82) is 0 Å². The molecule has 3 aromatic rings. The van der Waals surface area contributed by atoms with Crippen LogP contribution in [0, 0.1) is 0 Å². The Balaban J connectivity index is 2.19. The van der Waals surface area contributed by atoms with E-state index in [0.717, 1.165) is 4.31 Å². The van der Waals surface area contributed by atoms with Crippen LogP contribution in [0.25, 0.3) is 0 Å². The van der Waals surface area contributed by atoms with E-state index in [2.05, 4.69) is 5.32 Å². The topological polar surface area (TPSA) is 114 Å². The average molecular weight is 715 g/mol. The number of nitrogens with zero attached hydrogens (tertiary/aromatic N) is 2. The third-order valence-electron chi connectivity index (χ3n) is 7.36. The maximum atomic E-state index is 14.4. The number of methoxy groups -OCH3 is 3. The second kappa shape index (κ2) is 16.4. The van der Waals surface area contributed by atoms with Crippen LogP contribution in [0.15, 0.2) is 59.5 Å². The maximum Gasteiger partial charge on any atom is 0.265 e. The van der Waals surface area contributed by atoms with Gasteiger partial charge in [0.25, 0.3) is 10.0 Å². The predicted octanol–water partition coefficient (Wildman–Crippen LogP) is 6.59. The van der Waals surface area contributed by atoms with Crippen molar-refractivity contribution < 1.29 is 32.2 Å². The fraction of sp³-hybridized carbons (Fsp3) is 0.375. The average Bonchev–Trinajstić information content (AvgIpc) is 3.04. The molecule has 250 valence electrons. The lowest BCUT2D eigenvalue weighted by molar-refractivity contribution is -0.140. The molecule has 1 N–H and O–H groups in total. The van der Waals surface area contributed by atoms with Crippen LogP contribution >= 0.6 is 34.8 Å². The summed E-state index contributed by atoms with van der Waals surface area (Å²) in [5.41, 5.74) is 0.608. The van der Waals surface area contributed by atoms with Crippen LogP contribution in [0.5, 0.6) is 17.2 Å². The van der Waals surface area contributed by atoms with Crippen LogP contribution in [0.2, 0.25) is 15.1 Å². The minimum absolute atomic E-state index is 0.0183. The second-order valence-corrected chi connectivity index (χ2v) is 13.5. The normalized spacial score (nSPS) is 12.5. The zero-order valence-electron chi connectivity index (χ0n) is 26.5. The van der Waals surface area contributed by atoms with Crippen LogP contribution in [-0.4, -0.2) is 65.1 Å². The van der Waals surface area contributed by atoms with E-state index in [0.29, 0.717) is 22.8 Å². The Hall–Kier alpha value is -3.38. The van der Waals surface area contributed by atoms with E-state index in [9.17, 15) is 18.0 Å². The monoisotopic (exact) mass is 713 g/mol. The molecule has 3 aromatic carbocycles. The Kier molecular flexibility index (Phi) is 13.3. The molecule has 0 radical (unpaired) electrons. The summed E-state index contributed by atoms with van der Waals surface area (Å²) in [6.07, 6.45) is 0.924. The maximum absolute atomic E-state index is 14.4. The van der Waals surface area contributed by atoms with E-state index >= 15 is 0 Å². The van der Waals surface area contributed by atoms with Crippen LogP contribution in [0.3, 0.4) is 0 Å². The number of ether oxygens (including phenoxy) is 3. The fourth-order valence-corrected chi connectivity index (χ4v) is 6.59. The lowest BCUT2D eigenvalue weighted by Gasteiger charge is -2.34. The number of sulfonamides is 1. The minimum Gasteiger partial charge on any atom is -0.495 e. The third-order valence-corrected chi connectivity index (χ3v) is 10.1. The number of benzene rings is 3. The van der Waals surface area contributed by atoms with Gasteiger partial charge in [-0.2, -0.15) is 0 Å². The fourth-order valence-electron chi connectivity index (χ4n) is 4.67. The van der Waals surface area contributed by atoms with E-state index in [-0.39, 0.29) is 57.0 Å². The molecule has 0 saturated carbocycles. The molecule has 0 fully saturated rings. The first-order chi connectivity index (χ1) is 21.8. The van der Waals surface area contributed by atoms with Gasteiger partial charge in [-0.25, -0.2) is 8.42 Å². The molecular formula is C32H38Cl3N3O7S. The van der Waals surface area contributed by atoms with E-state index in [4.69, 9.17) is 49.0 Å². The van der Waals surface area contributed by atoms with Crippen LogP contribution in [0.4, 0.5) is 5.69 Å². The summed E-state index contributed by atoms with van der Waals surface area (Å²) in [6, 6.07) is 12.3. The van der Waals surface area contributed by atoms with Gasteiger partial charge < -0.3 is 24.4 Å². The molecule has 0 heterocycles. The molecule has 2 amide bonds. The van der Waals surface area contributed by atoms with Crippen LogP contribution < -0.4 is 23.8 Å². The van der Waals surface area contributed by atoms with Crippen molar-refractivity contribution in [2.75, 3.05) is 32.2 Å². The summed E-state index contributed by atoms with van der Waals surface area (Å²) in [5, 5.41) is 3.74. The number of anilines is 1. The van der Waals surface area contributed by atoms with Gasteiger partial charge in [-0.1, -0.05) is 54.7 Å². The van der Waals surface area contributed by atoms with Crippen molar-refractivity contribution in [3.63, 3.8) is 0 Å². The molecule has 0 aliphatic heterocycles. The van der Waals surface area contributed by atoms with E-state index in [1.807, 2.05) is 13.8 Å². The van der Waals surface area contributed by atoms with Gasteiger partial charge in [0.05, 0.1) is 42.0 Å². The summed E-state index contributed by atoms with van der Waals surface area (Å²) in [5.74, 6) is -0.403. The van der Waals surface area contributed by atoms with E-state index < -0.39 is 28.5 Å². The van der Waals surface area contributed by atoms with Gasteiger partial charge in [0.2, 0.25) is 11.8 Å². The minimum atomic E-state index is -4.48. The Labute approximate surface area is 285 Å². The van der Waals surface area contributed by atoms with Gasteiger partial charge in [-0.3, -0.25) is 13.9 Å². The smallest absolute Gasteiger partial charge is 0.265 e. The number of amides is 2. The van der Waals surface area contributed by atoms with Crippen LogP contribution in [-0.2, 0) is 26.2 Å². The zero-order valence-corrected chi connectivity index (χ0v) is 29.6. The largest absolute Gasteiger partial charge is 0.495 e. The molecule has 2 atom stereocenters. The number of carbonyl (C=O) groups is 2. The van der Waals surface area contributed by atoms with Crippen LogP contribution in [0.1, 0.15) is 39.2 Å². The molecular weight excluding hydrogens is 677 g/mol. The van der Waals surface area contributed by atoms with Crippen molar-refractivity contribution in [2.45, 2.75) is 57.1 Å². The van der Waals surface area contributed by atoms with Gasteiger partial charge in [0, 0.05) is 23.7 Å². The summed E-state index contributed by atoms with van der Waals surface area (Å²) >= 11 is 18.7. The highest BCUT2D eigenvalue weighted by Crippen LogP contribution is 2.37. The number of hydrogen-bond acceptors (Lipinski definition) is 7. The highest BCUT2D eigenvalue weighted by Gasteiger charge is 2.35. The highest BCUT2D eigenvalue weighted by molar-refractivity contribution is 7.92. The first-order valence-corrected chi connectivity index (χ1v) is 17.0. The lowest BCUT2D eigenvalue weighted by atomic mass is 10.1. The molecule has 3 rings (SSSR count). The molecule has 0 aromatic heterocycles. The molecule has 0 aliphatic rings. The molecule has 10 nitrogen and oxygen atoms in total. The third kappa shape index (κ3) is 8.70. The molecule has 0 spiro atoms. The van der Waals surface area contributed by atoms with Crippen molar-refractivity contribution in [2.24, 2.45) is 0 Å². The number of carbonyl (C=O) groups excluding carboxylic acids is 2. The molecule has 46 heavy (non-hydrogen) atoms. The summed E-state index contributed by atoms with van der Waals surface area (Å²) in [7, 11) is -0.295. The Morgan fingerprint density at radius 3 is 2.07 bits per heavy atom. The van der Waals surface area contributed by atoms with E-state index in [1.165, 1.54) is 62.6 Å². The summed E-state index contributed by atoms with van der Waals surface area (Å²) in [6.45, 7) is 4.80. The van der Waals surface area contributed by atoms with Gasteiger partial charge in [0.1, 0.15) is 18.3 Å². The zero-order chi connectivity index (χ0) is 34.2. The Morgan fingerprint density at radius 2 is 1.48 bits per heavy atom. The first-order valence-electron chi connectivity index (χ1n) is 14.4. The molecule has 14 heteroatoms. The van der Waals surface area contributed by atoms with Crippen molar-refractivity contribution in [3.05, 3.63) is 75.2 Å². The number of nitrogens with one attached hydrogen (secondary N) is 1. The quantitative estimate of drug-likeness (QED) is 0.189. The second-order valence-electron chi connectivity index (χ2n) is 10.4. The number of hydrogen-bond donors (Lipinski definition) is 1. The van der Waals surface area contributed by atoms with Gasteiger partial charge in [-0.15, -0.1) is 0 Å². The Bertz CT molecular complexity index is 1660. The van der Waals surface area contributed by atoms with Gasteiger partial charge in [0.15, 0.2) is 11.5 Å². The molecule has 0 aliphatic carbocycles. The Morgan fingerprint density at radius 1 is 0.826 bits per heavy atom. The van der Waals surface area contributed by atoms with Gasteiger partial charge >= 0.3 is 0 Å². The van der Waals surface area contributed by atoms with Crippen molar-refractivity contribution in [3.8, 4) is 17.2 Å². The van der Waals surface area contributed by atoms with Crippen molar-refractivity contribution in [1.82, 2.24) is 10.2 Å². The molecule has 0 saturated heterocycles. The van der Waals surface area contributed by atoms with Gasteiger partial charge in [-0.05, 0) is 67.8 Å². The molecule has 0 unspecified atom stereocenters. The number of rotatable bonds is 15. The SMILES string of the molecule is CC[C@@H](C)NC(=O)[C@H](CC)N(Cc1ccc(Cl)c(Cl)c1)C(=O)CN(c1cc(Cl)ccc1OC)S(=O)(=O)c1ccc(OC)c(OC)c1. The molecule has 0 bridgehead atoms. The lowest BCUT2D eigenvalue weighted by Crippen LogP contribution is -2.53.